The summed E-state index contributed by atoms with van der Waals surface area (Å²) in [6, 6.07) is 5.58. The minimum atomic E-state index is 0.0561. The van der Waals surface area contributed by atoms with Crippen molar-refractivity contribution in [3.8, 4) is 5.75 Å². The Bertz CT molecular complexity index is 325. The van der Waals surface area contributed by atoms with Gasteiger partial charge in [-0.1, -0.05) is 15.9 Å². The van der Waals surface area contributed by atoms with Gasteiger partial charge in [-0.05, 0) is 30.0 Å². The molecule has 1 aromatic rings. The number of thioether (sulfide) groups is 1. The molecule has 70 valence electrons. The lowest BCUT2D eigenvalue weighted by Gasteiger charge is -2.05. The van der Waals surface area contributed by atoms with E-state index >= 15 is 0 Å². The molecule has 0 aliphatic rings. The molecule has 2 nitrogen and oxygen atoms in total. The second-order valence-electron chi connectivity index (χ2n) is 2.39. The van der Waals surface area contributed by atoms with E-state index in [2.05, 4.69) is 15.9 Å². The summed E-state index contributed by atoms with van der Waals surface area (Å²) in [7, 11) is 1.59. The normalized spacial score (nSPS) is 9.77. The van der Waals surface area contributed by atoms with Crippen LogP contribution >= 0.6 is 27.7 Å². The fourth-order valence-electron chi connectivity index (χ4n) is 0.881. The van der Waals surface area contributed by atoms with Gasteiger partial charge >= 0.3 is 0 Å². The highest BCUT2D eigenvalue weighted by molar-refractivity contribution is 9.10. The van der Waals surface area contributed by atoms with Crippen molar-refractivity contribution in [3.05, 3.63) is 22.7 Å². The van der Waals surface area contributed by atoms with Crippen LogP contribution in [0.4, 0.5) is 0 Å². The Morgan fingerprint density at radius 2 is 2.23 bits per heavy atom. The smallest absolute Gasteiger partial charge is 0.190 e. The quantitative estimate of drug-likeness (QED) is 0.765. The first kappa shape index (κ1) is 10.6. The van der Waals surface area contributed by atoms with Gasteiger partial charge in [-0.25, -0.2) is 0 Å². The molecular weight excluding hydrogens is 252 g/mol. The number of rotatable bonds is 2. The SMILES string of the molecule is COc1cc(Br)ccc1SC(C)=O. The molecule has 0 saturated carbocycles. The van der Waals surface area contributed by atoms with Crippen LogP contribution in [0.15, 0.2) is 27.6 Å². The van der Waals surface area contributed by atoms with Gasteiger partial charge in [0.05, 0.1) is 12.0 Å². The standard InChI is InChI=1S/C9H9BrO2S/c1-6(11)13-9-4-3-7(10)5-8(9)12-2/h3-5H,1-2H3. The topological polar surface area (TPSA) is 26.3 Å². The van der Waals surface area contributed by atoms with Crippen molar-refractivity contribution in [1.29, 1.82) is 0 Å². The average Bonchev–Trinajstić information content (AvgIpc) is 2.07. The van der Waals surface area contributed by atoms with E-state index in [1.807, 2.05) is 18.2 Å². The molecular formula is C9H9BrO2S. The van der Waals surface area contributed by atoms with Crippen LogP contribution in [0.5, 0.6) is 5.75 Å². The van der Waals surface area contributed by atoms with Gasteiger partial charge in [0.15, 0.2) is 5.12 Å². The molecule has 0 unspecified atom stereocenters. The predicted molar refractivity (Wildman–Crippen MR) is 57.2 cm³/mol. The molecule has 0 aliphatic carbocycles. The first-order chi connectivity index (χ1) is 6.13. The van der Waals surface area contributed by atoms with Gasteiger partial charge in [-0.2, -0.15) is 0 Å². The van der Waals surface area contributed by atoms with Crippen LogP contribution in [0, 0.1) is 0 Å². The lowest BCUT2D eigenvalue weighted by Crippen LogP contribution is -1.88. The van der Waals surface area contributed by atoms with Crippen molar-refractivity contribution in [2.24, 2.45) is 0 Å². The van der Waals surface area contributed by atoms with Gasteiger partial charge in [0, 0.05) is 11.4 Å². The maximum absolute atomic E-state index is 10.9. The molecule has 1 rings (SSSR count). The molecule has 0 heterocycles. The van der Waals surface area contributed by atoms with E-state index < -0.39 is 0 Å². The summed E-state index contributed by atoms with van der Waals surface area (Å²) in [6.07, 6.45) is 0. The van der Waals surface area contributed by atoms with Crippen molar-refractivity contribution in [1.82, 2.24) is 0 Å². The molecule has 13 heavy (non-hydrogen) atoms. The van der Waals surface area contributed by atoms with Crippen LogP contribution < -0.4 is 4.74 Å². The number of hydrogen-bond acceptors (Lipinski definition) is 3. The molecule has 0 bridgehead atoms. The molecule has 0 saturated heterocycles. The summed E-state index contributed by atoms with van der Waals surface area (Å²) in [5.41, 5.74) is 0. The fourth-order valence-corrected chi connectivity index (χ4v) is 1.91. The Balaban J connectivity index is 2.99. The van der Waals surface area contributed by atoms with Crippen molar-refractivity contribution in [2.75, 3.05) is 7.11 Å². The maximum atomic E-state index is 10.9. The zero-order valence-electron chi connectivity index (χ0n) is 7.33. The number of halogens is 1. The Morgan fingerprint density at radius 3 is 2.77 bits per heavy atom. The van der Waals surface area contributed by atoms with E-state index in [1.165, 1.54) is 18.7 Å². The first-order valence-corrected chi connectivity index (χ1v) is 5.26. The lowest BCUT2D eigenvalue weighted by molar-refractivity contribution is -0.109. The number of ether oxygens (including phenoxy) is 1. The molecule has 0 fully saturated rings. The van der Waals surface area contributed by atoms with Crippen LogP contribution in [-0.2, 0) is 4.79 Å². The highest BCUT2D eigenvalue weighted by atomic mass is 79.9. The van der Waals surface area contributed by atoms with Crippen molar-refractivity contribution in [3.63, 3.8) is 0 Å². The van der Waals surface area contributed by atoms with E-state index in [9.17, 15) is 4.79 Å². The second kappa shape index (κ2) is 4.67. The number of hydrogen-bond donors (Lipinski definition) is 0. The van der Waals surface area contributed by atoms with E-state index in [0.717, 1.165) is 15.1 Å². The number of carbonyl (C=O) groups excluding carboxylic acids is 1. The van der Waals surface area contributed by atoms with Crippen molar-refractivity contribution < 1.29 is 9.53 Å². The third-order valence-electron chi connectivity index (χ3n) is 1.38. The molecule has 0 radical (unpaired) electrons. The fraction of sp³-hybridized carbons (Fsp3) is 0.222. The molecule has 0 amide bonds. The highest BCUT2D eigenvalue weighted by Gasteiger charge is 2.06. The van der Waals surface area contributed by atoms with Gasteiger partial charge < -0.3 is 4.74 Å². The molecule has 0 aliphatic heterocycles. The molecule has 0 spiro atoms. The van der Waals surface area contributed by atoms with Gasteiger partial charge in [-0.3, -0.25) is 4.79 Å². The minimum absolute atomic E-state index is 0.0561. The molecule has 0 atom stereocenters. The Labute approximate surface area is 89.8 Å². The largest absolute Gasteiger partial charge is 0.496 e. The lowest BCUT2D eigenvalue weighted by atomic mass is 10.3. The van der Waals surface area contributed by atoms with E-state index in [0.29, 0.717) is 0 Å². The number of benzene rings is 1. The monoisotopic (exact) mass is 260 g/mol. The van der Waals surface area contributed by atoms with Gasteiger partial charge in [0.2, 0.25) is 0 Å². The molecule has 0 N–H and O–H groups in total. The third-order valence-corrected chi connectivity index (χ3v) is 2.72. The van der Waals surface area contributed by atoms with Gasteiger partial charge in [-0.15, -0.1) is 0 Å². The summed E-state index contributed by atoms with van der Waals surface area (Å²) in [5.74, 6) is 0.717. The summed E-state index contributed by atoms with van der Waals surface area (Å²) in [6.45, 7) is 1.53. The van der Waals surface area contributed by atoms with E-state index in [4.69, 9.17) is 4.74 Å². The minimum Gasteiger partial charge on any atom is -0.496 e. The van der Waals surface area contributed by atoms with Crippen LogP contribution in [0.3, 0.4) is 0 Å². The Hall–Kier alpha value is -0.480. The number of methoxy groups -OCH3 is 1. The summed E-state index contributed by atoms with van der Waals surface area (Å²) in [4.78, 5) is 11.7. The zero-order valence-corrected chi connectivity index (χ0v) is 9.74. The zero-order chi connectivity index (χ0) is 9.84. The summed E-state index contributed by atoms with van der Waals surface area (Å²) < 4.78 is 6.07. The van der Waals surface area contributed by atoms with Gasteiger partial charge in [0.1, 0.15) is 5.75 Å². The maximum Gasteiger partial charge on any atom is 0.190 e. The Kier molecular flexibility index (Phi) is 3.81. The summed E-state index contributed by atoms with van der Waals surface area (Å²) >= 11 is 4.50. The third kappa shape index (κ3) is 3.04. The highest BCUT2D eigenvalue weighted by Crippen LogP contribution is 2.31. The van der Waals surface area contributed by atoms with Crippen molar-refractivity contribution >= 4 is 32.8 Å². The van der Waals surface area contributed by atoms with Crippen LogP contribution in [0.2, 0.25) is 0 Å². The van der Waals surface area contributed by atoms with E-state index in [1.54, 1.807) is 7.11 Å². The van der Waals surface area contributed by atoms with E-state index in [-0.39, 0.29) is 5.12 Å². The number of carbonyl (C=O) groups is 1. The molecule has 4 heteroatoms. The van der Waals surface area contributed by atoms with Crippen LogP contribution in [-0.4, -0.2) is 12.2 Å². The first-order valence-electron chi connectivity index (χ1n) is 3.65. The summed E-state index contributed by atoms with van der Waals surface area (Å²) in [5, 5.41) is 0.0561. The second-order valence-corrected chi connectivity index (χ2v) is 4.52. The average molecular weight is 261 g/mol. The van der Waals surface area contributed by atoms with Gasteiger partial charge in [0.25, 0.3) is 0 Å². The molecule has 1 aromatic carbocycles. The molecule has 0 aromatic heterocycles. The van der Waals surface area contributed by atoms with Crippen LogP contribution in [0.25, 0.3) is 0 Å². The van der Waals surface area contributed by atoms with Crippen LogP contribution in [0.1, 0.15) is 6.92 Å². The predicted octanol–water partition coefficient (Wildman–Crippen LogP) is 3.10. The van der Waals surface area contributed by atoms with Crippen molar-refractivity contribution in [2.45, 2.75) is 11.8 Å². The Morgan fingerprint density at radius 1 is 1.54 bits per heavy atom.